The summed E-state index contributed by atoms with van der Waals surface area (Å²) in [6.07, 6.45) is -4.97. The minimum atomic E-state index is -5.03. The van der Waals surface area contributed by atoms with Crippen LogP contribution in [0, 0.1) is 5.82 Å². The molecule has 3 rings (SSSR count). The Hall–Kier alpha value is -2.08. The number of carbonyl (C=O) groups is 1. The van der Waals surface area contributed by atoms with Crippen molar-refractivity contribution in [1.29, 1.82) is 0 Å². The van der Waals surface area contributed by atoms with E-state index in [1.54, 1.807) is 32.7 Å². The van der Waals surface area contributed by atoms with Crippen LogP contribution in [0.2, 0.25) is 5.28 Å². The average Bonchev–Trinajstić information content (AvgIpc) is 3.13. The largest absolute Gasteiger partial charge is 0.573 e. The van der Waals surface area contributed by atoms with Crippen molar-refractivity contribution in [3.05, 3.63) is 21.6 Å². The van der Waals surface area contributed by atoms with Gasteiger partial charge in [0, 0.05) is 31.6 Å². The second-order valence-electron chi connectivity index (χ2n) is 8.24. The predicted molar refractivity (Wildman–Crippen MR) is 114 cm³/mol. The van der Waals surface area contributed by atoms with E-state index in [0.717, 1.165) is 6.07 Å². The van der Waals surface area contributed by atoms with Gasteiger partial charge >= 0.3 is 12.5 Å². The summed E-state index contributed by atoms with van der Waals surface area (Å²) < 4.78 is 62.0. The first-order chi connectivity index (χ1) is 14.7. The van der Waals surface area contributed by atoms with E-state index in [-0.39, 0.29) is 34.6 Å². The number of aromatic nitrogens is 2. The van der Waals surface area contributed by atoms with E-state index in [1.807, 2.05) is 0 Å². The Balaban J connectivity index is 1.96. The fraction of sp³-hybridized carbons (Fsp3) is 0.526. The van der Waals surface area contributed by atoms with Crippen molar-refractivity contribution in [2.75, 3.05) is 25.0 Å². The number of fused-ring (bicyclic) bond motifs is 1. The number of alkyl halides is 3. The monoisotopic (exact) mass is 542 g/mol. The quantitative estimate of drug-likeness (QED) is 0.375. The molecule has 176 valence electrons. The number of amides is 1. The fourth-order valence-corrected chi connectivity index (χ4v) is 3.88. The number of likely N-dealkylation sites (tertiary alicyclic amines) is 1. The molecule has 1 aliphatic rings. The van der Waals surface area contributed by atoms with Crippen LogP contribution in [-0.4, -0.2) is 59.1 Å². The summed E-state index contributed by atoms with van der Waals surface area (Å²) in [7, 11) is 1.63. The SMILES string of the molecule is CN(c1nc(Cl)nc2c(F)c(Br)c(OC(F)(F)F)cc12)C1CCN(C(=O)OC(C)(C)C)C1. The summed E-state index contributed by atoms with van der Waals surface area (Å²) in [5, 5.41) is -0.302. The predicted octanol–water partition coefficient (Wildman–Crippen LogP) is 5.53. The van der Waals surface area contributed by atoms with Gasteiger partial charge in [-0.15, -0.1) is 13.2 Å². The lowest BCUT2D eigenvalue weighted by Gasteiger charge is -2.28. The lowest BCUT2D eigenvalue weighted by molar-refractivity contribution is -0.274. The van der Waals surface area contributed by atoms with E-state index in [9.17, 15) is 22.4 Å². The van der Waals surface area contributed by atoms with E-state index in [1.165, 1.54) is 4.90 Å². The molecule has 2 aromatic rings. The molecule has 13 heteroatoms. The number of hydrogen-bond donors (Lipinski definition) is 0. The zero-order valence-corrected chi connectivity index (χ0v) is 19.9. The average molecular weight is 544 g/mol. The topological polar surface area (TPSA) is 67.8 Å². The van der Waals surface area contributed by atoms with Crippen LogP contribution in [-0.2, 0) is 4.74 Å². The van der Waals surface area contributed by atoms with Crippen LogP contribution in [0.1, 0.15) is 27.2 Å². The molecule has 0 saturated carbocycles. The van der Waals surface area contributed by atoms with Gasteiger partial charge in [-0.05, 0) is 60.8 Å². The van der Waals surface area contributed by atoms with Crippen LogP contribution in [0.5, 0.6) is 5.75 Å². The molecule has 1 aromatic carbocycles. The van der Waals surface area contributed by atoms with Gasteiger partial charge in [-0.1, -0.05) is 0 Å². The summed E-state index contributed by atoms with van der Waals surface area (Å²) in [4.78, 5) is 23.4. The summed E-state index contributed by atoms with van der Waals surface area (Å²) in [5.74, 6) is -1.73. The Labute approximate surface area is 194 Å². The zero-order valence-electron chi connectivity index (χ0n) is 17.6. The molecule has 1 aliphatic heterocycles. The van der Waals surface area contributed by atoms with Gasteiger partial charge in [0.15, 0.2) is 5.82 Å². The Kier molecular flexibility index (Phi) is 6.67. The maximum atomic E-state index is 14.8. The molecule has 1 fully saturated rings. The third-order valence-corrected chi connectivity index (χ3v) is 5.62. The summed E-state index contributed by atoms with van der Waals surface area (Å²) in [6, 6.07) is 0.731. The van der Waals surface area contributed by atoms with Crippen LogP contribution in [0.4, 0.5) is 28.2 Å². The number of hydrogen-bond acceptors (Lipinski definition) is 6. The minimum absolute atomic E-state index is 0.0208. The highest BCUT2D eigenvalue weighted by atomic mass is 79.9. The molecule has 2 heterocycles. The summed E-state index contributed by atoms with van der Waals surface area (Å²) in [6.45, 7) is 5.95. The molecule has 1 unspecified atom stereocenters. The Morgan fingerprint density at radius 3 is 2.56 bits per heavy atom. The van der Waals surface area contributed by atoms with Crippen molar-refractivity contribution in [2.24, 2.45) is 0 Å². The van der Waals surface area contributed by atoms with Gasteiger partial charge < -0.3 is 19.3 Å². The molecule has 7 nitrogen and oxygen atoms in total. The highest BCUT2D eigenvalue weighted by molar-refractivity contribution is 9.10. The smallest absolute Gasteiger partial charge is 0.444 e. The lowest BCUT2D eigenvalue weighted by Crippen LogP contribution is -2.39. The number of nitrogens with zero attached hydrogens (tertiary/aromatic N) is 4. The normalized spacial score (nSPS) is 17.1. The van der Waals surface area contributed by atoms with Gasteiger partial charge in [0.05, 0.1) is 4.47 Å². The van der Waals surface area contributed by atoms with Gasteiger partial charge in [0.1, 0.15) is 22.7 Å². The van der Waals surface area contributed by atoms with Crippen LogP contribution < -0.4 is 9.64 Å². The molecule has 0 N–H and O–H groups in total. The number of carbonyl (C=O) groups excluding carboxylic acids is 1. The molecule has 1 saturated heterocycles. The minimum Gasteiger partial charge on any atom is -0.444 e. The van der Waals surface area contributed by atoms with E-state index in [0.29, 0.717) is 13.0 Å². The fourth-order valence-electron chi connectivity index (χ4n) is 3.33. The van der Waals surface area contributed by atoms with Crippen molar-refractivity contribution < 1.29 is 31.8 Å². The van der Waals surface area contributed by atoms with Crippen molar-refractivity contribution in [3.8, 4) is 5.75 Å². The van der Waals surface area contributed by atoms with Gasteiger partial charge in [-0.2, -0.15) is 4.98 Å². The molecule has 0 spiro atoms. The van der Waals surface area contributed by atoms with Crippen LogP contribution in [0.15, 0.2) is 10.5 Å². The molecular formula is C19H20BrClF4N4O3. The molecule has 1 amide bonds. The maximum absolute atomic E-state index is 14.8. The Bertz CT molecular complexity index is 1050. The van der Waals surface area contributed by atoms with Gasteiger partial charge in [-0.3, -0.25) is 0 Å². The number of benzene rings is 1. The van der Waals surface area contributed by atoms with Gasteiger partial charge in [0.2, 0.25) is 5.28 Å². The molecule has 32 heavy (non-hydrogen) atoms. The highest BCUT2D eigenvalue weighted by Crippen LogP contribution is 2.40. The van der Waals surface area contributed by atoms with E-state index in [4.69, 9.17) is 16.3 Å². The number of halogens is 6. The number of anilines is 1. The lowest BCUT2D eigenvalue weighted by atomic mass is 10.1. The molecule has 1 aromatic heterocycles. The first-order valence-electron chi connectivity index (χ1n) is 9.48. The number of ether oxygens (including phenoxy) is 2. The zero-order chi connectivity index (χ0) is 24.0. The standard InChI is InChI=1S/C19H20BrClF4N4O3/c1-18(2,3)32-17(30)29-6-5-9(8-29)28(4)15-10-7-11(31-19(23,24)25)12(20)13(22)14(10)26-16(21)27-15/h7,9H,5-6,8H2,1-4H3. The molecule has 0 radical (unpaired) electrons. The van der Waals surface area contributed by atoms with E-state index < -0.39 is 34.1 Å². The van der Waals surface area contributed by atoms with Gasteiger partial charge in [-0.25, -0.2) is 14.2 Å². The highest BCUT2D eigenvalue weighted by Gasteiger charge is 2.35. The van der Waals surface area contributed by atoms with Crippen molar-refractivity contribution in [1.82, 2.24) is 14.9 Å². The van der Waals surface area contributed by atoms with Crippen LogP contribution in [0.3, 0.4) is 0 Å². The van der Waals surface area contributed by atoms with E-state index >= 15 is 0 Å². The molecule has 0 aliphatic carbocycles. The first kappa shape index (κ1) is 24.6. The van der Waals surface area contributed by atoms with Gasteiger partial charge in [0.25, 0.3) is 0 Å². The molecule has 1 atom stereocenters. The Morgan fingerprint density at radius 2 is 1.97 bits per heavy atom. The van der Waals surface area contributed by atoms with Crippen molar-refractivity contribution >= 4 is 50.3 Å². The van der Waals surface area contributed by atoms with E-state index in [2.05, 4.69) is 30.6 Å². The van der Waals surface area contributed by atoms with Crippen molar-refractivity contribution in [2.45, 2.75) is 45.2 Å². The summed E-state index contributed by atoms with van der Waals surface area (Å²) >= 11 is 8.75. The first-order valence-corrected chi connectivity index (χ1v) is 10.6. The number of rotatable bonds is 3. The number of likely N-dealkylation sites (N-methyl/N-ethyl adjacent to an activating group) is 1. The third-order valence-electron chi connectivity index (χ3n) is 4.71. The molecule has 0 bridgehead atoms. The second kappa shape index (κ2) is 8.69. The van der Waals surface area contributed by atoms with Crippen molar-refractivity contribution in [3.63, 3.8) is 0 Å². The second-order valence-corrected chi connectivity index (χ2v) is 9.37. The summed E-state index contributed by atoms with van der Waals surface area (Å²) in [5.41, 5.74) is -0.924. The van der Waals surface area contributed by atoms with Crippen LogP contribution >= 0.6 is 27.5 Å². The third kappa shape index (κ3) is 5.45. The molecular weight excluding hydrogens is 524 g/mol. The Morgan fingerprint density at radius 1 is 1.31 bits per heavy atom. The van der Waals surface area contributed by atoms with Crippen LogP contribution in [0.25, 0.3) is 10.9 Å². The maximum Gasteiger partial charge on any atom is 0.573 e.